The van der Waals surface area contributed by atoms with Gasteiger partial charge in [-0.1, -0.05) is 67.2 Å². The highest BCUT2D eigenvalue weighted by Gasteiger charge is 2.24. The van der Waals surface area contributed by atoms with Crippen LogP contribution in [0.4, 0.5) is 0 Å². The second-order valence-electron chi connectivity index (χ2n) is 14.9. The van der Waals surface area contributed by atoms with Crippen LogP contribution < -0.4 is 0 Å². The van der Waals surface area contributed by atoms with Crippen molar-refractivity contribution in [1.29, 1.82) is 0 Å². The van der Waals surface area contributed by atoms with E-state index in [2.05, 4.69) is 183 Å². The van der Waals surface area contributed by atoms with Crippen LogP contribution in [0.15, 0.2) is 76.9 Å². The Bertz CT molecular complexity index is 2110. The first-order valence-corrected chi connectivity index (χ1v) is 20.8. The van der Waals surface area contributed by atoms with Crippen LogP contribution in [0.25, 0.3) is 34.2 Å². The molecule has 0 amide bonds. The minimum atomic E-state index is -0.304. The molecule has 5 aromatic rings. The van der Waals surface area contributed by atoms with E-state index >= 15 is 0 Å². The minimum absolute atomic E-state index is 0.304. The van der Waals surface area contributed by atoms with E-state index in [0.29, 0.717) is 82.8 Å². The molecule has 0 aliphatic heterocycles. The summed E-state index contributed by atoms with van der Waals surface area (Å²) in [5, 5.41) is 37.2. The molecule has 0 bridgehead atoms. The van der Waals surface area contributed by atoms with E-state index in [-0.39, 0.29) is 5.37 Å². The largest absolute Gasteiger partial charge is 0.302 e. The summed E-state index contributed by atoms with van der Waals surface area (Å²) in [5.74, 6) is 4.00. The number of nitrogens with zero attached hydrogens (tertiary/aromatic N) is 12. The van der Waals surface area contributed by atoms with Crippen LogP contribution in [-0.2, 0) is 19.6 Å². The molecule has 0 saturated carbocycles. The zero-order valence-corrected chi connectivity index (χ0v) is 36.6. The van der Waals surface area contributed by atoms with Crippen molar-refractivity contribution in [1.82, 2.24) is 44.3 Å². The van der Waals surface area contributed by atoms with Crippen molar-refractivity contribution in [3.63, 3.8) is 0 Å². The van der Waals surface area contributed by atoms with E-state index in [0.717, 1.165) is 37.9 Å². The molecule has 5 rings (SSSR count). The summed E-state index contributed by atoms with van der Waals surface area (Å²) in [4.78, 5) is 6.91. The molecular weight excluding hydrogens is 773 g/mol. The van der Waals surface area contributed by atoms with Crippen LogP contribution in [0.2, 0.25) is 0 Å². The molecule has 288 valence electrons. The van der Waals surface area contributed by atoms with Crippen LogP contribution in [0.1, 0.15) is 67.9 Å². The molecular formula is C37H50N12S5. The first-order chi connectivity index (χ1) is 25.6. The quantitative estimate of drug-likeness (QED) is 0.0358. The third-order valence-electron chi connectivity index (χ3n) is 7.94. The fraction of sp³-hybridized carbons (Fsp3) is 0.486. The Morgan fingerprint density at radius 2 is 1.04 bits per heavy atom. The van der Waals surface area contributed by atoms with E-state index in [4.69, 9.17) is 4.99 Å². The summed E-state index contributed by atoms with van der Waals surface area (Å²) in [6.07, 6.45) is 0. The van der Waals surface area contributed by atoms with Crippen molar-refractivity contribution in [2.75, 3.05) is 6.54 Å². The maximum Gasteiger partial charge on any atom is 0.188 e. The highest BCUT2D eigenvalue weighted by atomic mass is 32.2. The number of hydrogen-bond acceptors (Lipinski definition) is 13. The number of thiol groups is 4. The number of hydrogen-bond donors (Lipinski definition) is 4. The van der Waals surface area contributed by atoms with Crippen molar-refractivity contribution in [2.45, 2.75) is 113 Å². The average Bonchev–Trinajstić information content (AvgIpc) is 3.76. The van der Waals surface area contributed by atoms with Crippen LogP contribution >= 0.6 is 62.3 Å². The maximum absolute atomic E-state index is 4.95. The van der Waals surface area contributed by atoms with Crippen molar-refractivity contribution < 1.29 is 0 Å². The summed E-state index contributed by atoms with van der Waals surface area (Å²) < 4.78 is 6.12. The van der Waals surface area contributed by atoms with Crippen LogP contribution in [-0.4, -0.2) is 62.0 Å². The van der Waals surface area contributed by atoms with Crippen molar-refractivity contribution in [3.05, 3.63) is 42.0 Å². The van der Waals surface area contributed by atoms with Gasteiger partial charge in [-0.2, -0.15) is 17.7 Å². The Kier molecular flexibility index (Phi) is 14.5. The molecule has 12 nitrogen and oxygen atoms in total. The number of azo groups is 1. The lowest BCUT2D eigenvalue weighted by Crippen LogP contribution is -2.10. The molecule has 54 heavy (non-hydrogen) atoms. The van der Waals surface area contributed by atoms with Crippen molar-refractivity contribution in [3.8, 4) is 34.2 Å². The first-order valence-electron chi connectivity index (χ1n) is 18.1. The van der Waals surface area contributed by atoms with E-state index in [1.54, 1.807) is 11.8 Å². The van der Waals surface area contributed by atoms with Gasteiger partial charge in [0, 0.05) is 58.2 Å². The van der Waals surface area contributed by atoms with Gasteiger partial charge >= 0.3 is 0 Å². The average molecular weight is 823 g/mol. The summed E-state index contributed by atoms with van der Waals surface area (Å²) in [6, 6.07) is 12.5. The third-order valence-corrected chi connectivity index (χ3v) is 10.0. The topological polar surface area (TPSA) is 129 Å². The van der Waals surface area contributed by atoms with Crippen LogP contribution in [0.3, 0.4) is 0 Å². The van der Waals surface area contributed by atoms with Gasteiger partial charge < -0.3 is 13.7 Å². The number of rotatable bonds is 15. The van der Waals surface area contributed by atoms with Gasteiger partial charge in [0.25, 0.3) is 0 Å². The molecule has 0 fully saturated rings. The van der Waals surface area contributed by atoms with E-state index in [1.165, 1.54) is 0 Å². The van der Waals surface area contributed by atoms with Gasteiger partial charge in [-0.3, -0.25) is 4.99 Å². The Hall–Kier alpha value is -3.12. The molecule has 0 radical (unpaired) electrons. The Labute approximate surface area is 344 Å². The molecule has 2 aromatic carbocycles. The summed E-state index contributed by atoms with van der Waals surface area (Å²) in [6.45, 7) is 21.8. The zero-order chi connectivity index (χ0) is 39.3. The monoisotopic (exact) mass is 822 g/mol. The molecule has 1 unspecified atom stereocenters. The summed E-state index contributed by atoms with van der Waals surface area (Å²) in [7, 11) is 0. The molecule has 0 N–H and O–H groups in total. The SMILES string of the molecule is CC(C)C/N=C(/N=N\C(C)S)c1cc(Sc2ccc(-c3nnc(S)n3CC(C)C)c(-c3nnc(S)n3CC(C)C)c2)ccc1-c1nnc(S)n1CC(C)C. The van der Waals surface area contributed by atoms with Gasteiger partial charge in [0.05, 0.1) is 0 Å². The third kappa shape index (κ3) is 10.4. The predicted octanol–water partition coefficient (Wildman–Crippen LogP) is 9.58. The van der Waals surface area contributed by atoms with Crippen LogP contribution in [0, 0.1) is 23.7 Å². The Morgan fingerprint density at radius 1 is 0.593 bits per heavy atom. The lowest BCUT2D eigenvalue weighted by Gasteiger charge is -2.17. The lowest BCUT2D eigenvalue weighted by atomic mass is 10.0. The Morgan fingerprint density at radius 3 is 1.50 bits per heavy atom. The highest BCUT2D eigenvalue weighted by Crippen LogP contribution is 2.39. The number of benzene rings is 2. The smallest absolute Gasteiger partial charge is 0.188 e. The van der Waals surface area contributed by atoms with Crippen molar-refractivity contribution in [2.24, 2.45) is 38.9 Å². The second kappa shape index (κ2) is 18.7. The molecule has 0 aliphatic carbocycles. The maximum atomic E-state index is 4.95. The molecule has 3 heterocycles. The molecule has 17 heteroatoms. The van der Waals surface area contributed by atoms with Crippen molar-refractivity contribution >= 4 is 68.1 Å². The molecule has 3 aromatic heterocycles. The normalized spacial score (nSPS) is 13.2. The minimum Gasteiger partial charge on any atom is -0.302 e. The van der Waals surface area contributed by atoms with Gasteiger partial charge in [-0.05, 0) is 67.0 Å². The van der Waals surface area contributed by atoms with E-state index in [1.807, 2.05) is 20.6 Å². The summed E-state index contributed by atoms with van der Waals surface area (Å²) >= 11 is 20.1. The van der Waals surface area contributed by atoms with Gasteiger partial charge in [0.2, 0.25) is 0 Å². The van der Waals surface area contributed by atoms with Gasteiger partial charge in [-0.25, -0.2) is 0 Å². The van der Waals surface area contributed by atoms with Gasteiger partial charge in [0.1, 0.15) is 5.37 Å². The van der Waals surface area contributed by atoms with Gasteiger partial charge in [0.15, 0.2) is 38.8 Å². The van der Waals surface area contributed by atoms with E-state index < -0.39 is 0 Å². The number of aromatic nitrogens is 9. The summed E-state index contributed by atoms with van der Waals surface area (Å²) in [5.41, 5.74) is 3.38. The second-order valence-corrected chi connectivity index (χ2v) is 18.0. The molecule has 0 aliphatic rings. The fourth-order valence-corrected chi connectivity index (χ4v) is 7.34. The molecule has 0 spiro atoms. The molecule has 0 saturated heterocycles. The lowest BCUT2D eigenvalue weighted by molar-refractivity contribution is 0.497. The van der Waals surface area contributed by atoms with Crippen LogP contribution in [0.5, 0.6) is 0 Å². The number of aliphatic imine (C=N–C) groups is 1. The molecule has 1 atom stereocenters. The predicted molar refractivity (Wildman–Crippen MR) is 230 cm³/mol. The standard InChI is InChI=1S/C37H50N12S5/c1-20(2)16-38-31(40-39-24(9)50)29-14-25(10-12-27(29)32-41-44-35(51)47(32)17-21(3)4)54-26-11-13-28(33-42-45-36(52)48(33)18-22(5)6)30(15-26)34-43-46-37(53)49(34)19-23(7)8/h10-15,20-24,50H,16-19H2,1-9H3,(H,44,51)(H,45,52)(H,46,53)/b38-31+,40-39-. The van der Waals surface area contributed by atoms with E-state index in [9.17, 15) is 0 Å². The Balaban J connectivity index is 1.68. The first kappa shape index (κ1) is 42.0. The highest BCUT2D eigenvalue weighted by molar-refractivity contribution is 7.99. The zero-order valence-electron chi connectivity index (χ0n) is 32.2. The fourth-order valence-electron chi connectivity index (χ4n) is 5.73. The van der Waals surface area contributed by atoms with Gasteiger partial charge in [-0.15, -0.1) is 73.6 Å². The number of amidine groups is 1.